The number of aromatic amines is 1. The van der Waals surface area contributed by atoms with E-state index in [1.165, 1.54) is 12.8 Å². The molecule has 0 radical (unpaired) electrons. The van der Waals surface area contributed by atoms with Gasteiger partial charge in [-0.3, -0.25) is 5.10 Å². The first kappa shape index (κ1) is 9.85. The topological polar surface area (TPSA) is 41.6 Å². The van der Waals surface area contributed by atoms with Crippen LogP contribution in [0.25, 0.3) is 11.4 Å². The highest BCUT2D eigenvalue weighted by Gasteiger charge is 2.27. The number of rotatable bonds is 2. The van der Waals surface area contributed by atoms with Crippen LogP contribution in [0.3, 0.4) is 0 Å². The standard InChI is InChI=1S/C12H12ClN3/c1-7-3-2-4-9(10(7)13)12-14-11(15-16-12)8-5-6-8/h2-4,8H,5-6H2,1H3,(H,14,15,16). The summed E-state index contributed by atoms with van der Waals surface area (Å²) in [7, 11) is 0. The lowest BCUT2D eigenvalue weighted by molar-refractivity contribution is 0.935. The molecule has 3 nitrogen and oxygen atoms in total. The lowest BCUT2D eigenvalue weighted by atomic mass is 10.1. The van der Waals surface area contributed by atoms with E-state index in [-0.39, 0.29) is 0 Å². The third-order valence-electron chi connectivity index (χ3n) is 2.90. The van der Waals surface area contributed by atoms with Crippen molar-refractivity contribution >= 4 is 11.6 Å². The van der Waals surface area contributed by atoms with Crippen LogP contribution in [0.15, 0.2) is 18.2 Å². The van der Waals surface area contributed by atoms with Crippen molar-refractivity contribution in [1.82, 2.24) is 15.2 Å². The fourth-order valence-electron chi connectivity index (χ4n) is 1.75. The lowest BCUT2D eigenvalue weighted by Crippen LogP contribution is -1.85. The van der Waals surface area contributed by atoms with Gasteiger partial charge in [-0.1, -0.05) is 23.7 Å². The van der Waals surface area contributed by atoms with E-state index in [0.29, 0.717) is 11.7 Å². The summed E-state index contributed by atoms with van der Waals surface area (Å²) < 4.78 is 0. The number of nitrogens with zero attached hydrogens (tertiary/aromatic N) is 2. The van der Waals surface area contributed by atoms with Crippen LogP contribution in [-0.2, 0) is 0 Å². The summed E-state index contributed by atoms with van der Waals surface area (Å²) in [6.07, 6.45) is 2.44. The van der Waals surface area contributed by atoms with Gasteiger partial charge in [0.05, 0.1) is 5.02 Å². The lowest BCUT2D eigenvalue weighted by Gasteiger charge is -2.01. The quantitative estimate of drug-likeness (QED) is 0.865. The van der Waals surface area contributed by atoms with Gasteiger partial charge in [-0.05, 0) is 31.4 Å². The number of benzene rings is 1. The maximum Gasteiger partial charge on any atom is 0.182 e. The highest BCUT2D eigenvalue weighted by atomic mass is 35.5. The van der Waals surface area contributed by atoms with Crippen molar-refractivity contribution in [2.75, 3.05) is 0 Å². The molecule has 1 aromatic carbocycles. The Hall–Kier alpha value is -1.35. The molecule has 0 aliphatic heterocycles. The Kier molecular flexibility index (Phi) is 2.21. The van der Waals surface area contributed by atoms with Crippen LogP contribution >= 0.6 is 11.6 Å². The molecule has 0 saturated heterocycles. The summed E-state index contributed by atoms with van der Waals surface area (Å²) in [6.45, 7) is 1.99. The summed E-state index contributed by atoms with van der Waals surface area (Å²) in [5.74, 6) is 2.29. The maximum absolute atomic E-state index is 6.24. The van der Waals surface area contributed by atoms with Crippen molar-refractivity contribution in [1.29, 1.82) is 0 Å². The molecule has 1 aliphatic rings. The molecule has 0 bridgehead atoms. The number of halogens is 1. The minimum Gasteiger partial charge on any atom is -0.262 e. The summed E-state index contributed by atoms with van der Waals surface area (Å²) in [5.41, 5.74) is 1.96. The van der Waals surface area contributed by atoms with Gasteiger partial charge in [0, 0.05) is 11.5 Å². The molecule has 0 atom stereocenters. The minimum absolute atomic E-state index is 0.588. The summed E-state index contributed by atoms with van der Waals surface area (Å²) in [5, 5.41) is 7.96. The molecule has 16 heavy (non-hydrogen) atoms. The molecule has 1 N–H and O–H groups in total. The predicted octanol–water partition coefficient (Wildman–Crippen LogP) is 3.31. The van der Waals surface area contributed by atoms with Crippen molar-refractivity contribution in [3.8, 4) is 11.4 Å². The first-order valence-corrected chi connectivity index (χ1v) is 5.81. The SMILES string of the molecule is Cc1cccc(-c2n[nH]c(C3CC3)n2)c1Cl. The molecule has 2 aromatic rings. The third-order valence-corrected chi connectivity index (χ3v) is 3.40. The van der Waals surface area contributed by atoms with Gasteiger partial charge in [0.15, 0.2) is 5.82 Å². The normalized spacial score (nSPS) is 15.4. The van der Waals surface area contributed by atoms with E-state index in [1.807, 2.05) is 25.1 Å². The van der Waals surface area contributed by atoms with Crippen LogP contribution in [-0.4, -0.2) is 15.2 Å². The molecule has 82 valence electrons. The van der Waals surface area contributed by atoms with Crippen LogP contribution in [0.1, 0.15) is 30.1 Å². The van der Waals surface area contributed by atoms with E-state index < -0.39 is 0 Å². The van der Waals surface area contributed by atoms with E-state index in [4.69, 9.17) is 11.6 Å². The van der Waals surface area contributed by atoms with Gasteiger partial charge in [0.25, 0.3) is 0 Å². The molecule has 1 fully saturated rings. The van der Waals surface area contributed by atoms with E-state index in [1.54, 1.807) is 0 Å². The Morgan fingerprint density at radius 3 is 2.94 bits per heavy atom. The van der Waals surface area contributed by atoms with E-state index in [2.05, 4.69) is 15.2 Å². The second kappa shape index (κ2) is 3.59. The van der Waals surface area contributed by atoms with Gasteiger partial charge in [-0.15, -0.1) is 0 Å². The molecule has 0 spiro atoms. The van der Waals surface area contributed by atoms with Crippen LogP contribution in [0, 0.1) is 6.92 Å². The second-order valence-corrected chi connectivity index (χ2v) is 4.63. The number of H-pyrrole nitrogens is 1. The Morgan fingerprint density at radius 1 is 1.38 bits per heavy atom. The van der Waals surface area contributed by atoms with Crippen LogP contribution in [0.4, 0.5) is 0 Å². The van der Waals surface area contributed by atoms with Crippen LogP contribution in [0.5, 0.6) is 0 Å². The molecule has 0 unspecified atom stereocenters. The largest absolute Gasteiger partial charge is 0.262 e. The average molecular weight is 234 g/mol. The maximum atomic E-state index is 6.24. The van der Waals surface area contributed by atoms with Crippen LogP contribution in [0.2, 0.25) is 5.02 Å². The zero-order valence-electron chi connectivity index (χ0n) is 9.00. The Labute approximate surface area is 98.9 Å². The first-order chi connectivity index (χ1) is 7.75. The van der Waals surface area contributed by atoms with Gasteiger partial charge >= 0.3 is 0 Å². The van der Waals surface area contributed by atoms with Crippen molar-refractivity contribution in [3.63, 3.8) is 0 Å². The van der Waals surface area contributed by atoms with Gasteiger partial charge < -0.3 is 0 Å². The zero-order valence-corrected chi connectivity index (χ0v) is 9.75. The molecule has 4 heteroatoms. The summed E-state index contributed by atoms with van der Waals surface area (Å²) in [6, 6.07) is 5.92. The van der Waals surface area contributed by atoms with Gasteiger partial charge in [0.2, 0.25) is 0 Å². The number of hydrogen-bond acceptors (Lipinski definition) is 2. The van der Waals surface area contributed by atoms with E-state index >= 15 is 0 Å². The second-order valence-electron chi connectivity index (χ2n) is 4.25. The van der Waals surface area contributed by atoms with E-state index in [0.717, 1.165) is 22.0 Å². The van der Waals surface area contributed by atoms with Gasteiger partial charge in [0.1, 0.15) is 5.82 Å². The smallest absolute Gasteiger partial charge is 0.182 e. The van der Waals surface area contributed by atoms with Gasteiger partial charge in [-0.2, -0.15) is 5.10 Å². The first-order valence-electron chi connectivity index (χ1n) is 5.43. The number of nitrogens with one attached hydrogen (secondary N) is 1. The number of aromatic nitrogens is 3. The predicted molar refractivity (Wildman–Crippen MR) is 63.5 cm³/mol. The van der Waals surface area contributed by atoms with Crippen molar-refractivity contribution in [3.05, 3.63) is 34.6 Å². The highest BCUT2D eigenvalue weighted by molar-refractivity contribution is 6.33. The Bertz CT molecular complexity index is 529. The molecular formula is C12H12ClN3. The molecular weight excluding hydrogens is 222 g/mol. The average Bonchev–Trinajstić information content (AvgIpc) is 3.02. The summed E-state index contributed by atoms with van der Waals surface area (Å²) in [4.78, 5) is 4.49. The molecule has 0 amide bonds. The van der Waals surface area contributed by atoms with E-state index in [9.17, 15) is 0 Å². The Balaban J connectivity index is 2.03. The van der Waals surface area contributed by atoms with Crippen molar-refractivity contribution in [2.24, 2.45) is 0 Å². The molecule has 1 aromatic heterocycles. The fourth-order valence-corrected chi connectivity index (χ4v) is 1.96. The highest BCUT2D eigenvalue weighted by Crippen LogP contribution is 2.39. The Morgan fingerprint density at radius 2 is 2.19 bits per heavy atom. The molecule has 1 saturated carbocycles. The van der Waals surface area contributed by atoms with Crippen LogP contribution < -0.4 is 0 Å². The minimum atomic E-state index is 0.588. The monoisotopic (exact) mass is 233 g/mol. The van der Waals surface area contributed by atoms with Crippen molar-refractivity contribution < 1.29 is 0 Å². The molecule has 1 aliphatic carbocycles. The number of hydrogen-bond donors (Lipinski definition) is 1. The molecule has 3 rings (SSSR count). The molecule has 1 heterocycles. The fraction of sp³-hybridized carbons (Fsp3) is 0.333. The number of aryl methyl sites for hydroxylation is 1. The third kappa shape index (κ3) is 1.61. The van der Waals surface area contributed by atoms with Gasteiger partial charge in [-0.25, -0.2) is 4.98 Å². The zero-order chi connectivity index (χ0) is 11.1. The summed E-state index contributed by atoms with van der Waals surface area (Å²) >= 11 is 6.24. The van der Waals surface area contributed by atoms with Crippen molar-refractivity contribution in [2.45, 2.75) is 25.7 Å².